The van der Waals surface area contributed by atoms with E-state index in [0.717, 1.165) is 10.6 Å². The Morgan fingerprint density at radius 1 is 1.03 bits per heavy atom. The van der Waals surface area contributed by atoms with Crippen LogP contribution in [0.3, 0.4) is 0 Å². The summed E-state index contributed by atoms with van der Waals surface area (Å²) >= 11 is 5.90. The minimum atomic E-state index is -3.81. The SMILES string of the molecule is CC(C)CNC(=O)[C@H](C)N(Cc1ccc(F)cc1)C(=O)CN(c1ccc(Cl)cc1)S(C)(=O)=O. The summed E-state index contributed by atoms with van der Waals surface area (Å²) in [6.45, 7) is 5.40. The van der Waals surface area contributed by atoms with Crippen molar-refractivity contribution in [3.63, 3.8) is 0 Å². The topological polar surface area (TPSA) is 86.8 Å². The van der Waals surface area contributed by atoms with Crippen molar-refractivity contribution in [3.8, 4) is 0 Å². The normalized spacial score (nSPS) is 12.3. The van der Waals surface area contributed by atoms with Gasteiger partial charge in [-0.2, -0.15) is 0 Å². The highest BCUT2D eigenvalue weighted by Gasteiger charge is 2.30. The first-order valence-electron chi connectivity index (χ1n) is 10.4. The molecule has 0 aliphatic heterocycles. The molecule has 2 aromatic carbocycles. The molecule has 0 aliphatic rings. The van der Waals surface area contributed by atoms with Gasteiger partial charge in [0.1, 0.15) is 18.4 Å². The van der Waals surface area contributed by atoms with Crippen molar-refractivity contribution in [1.29, 1.82) is 0 Å². The van der Waals surface area contributed by atoms with Gasteiger partial charge in [-0.15, -0.1) is 0 Å². The highest BCUT2D eigenvalue weighted by molar-refractivity contribution is 7.92. The number of carbonyl (C=O) groups excluding carboxylic acids is 2. The standard InChI is InChI=1S/C23H29ClFN3O4S/c1-16(2)13-26-23(30)17(3)27(14-18-5-9-20(25)10-6-18)22(29)15-28(33(4,31)32)21-11-7-19(24)8-12-21/h5-12,16-17H,13-15H2,1-4H3,(H,26,30)/t17-/m0/s1. The largest absolute Gasteiger partial charge is 0.354 e. The summed E-state index contributed by atoms with van der Waals surface area (Å²) < 4.78 is 39.2. The van der Waals surface area contributed by atoms with Crippen molar-refractivity contribution in [1.82, 2.24) is 10.2 Å². The number of anilines is 1. The molecule has 0 aliphatic carbocycles. The van der Waals surface area contributed by atoms with Gasteiger partial charge >= 0.3 is 0 Å². The first-order chi connectivity index (χ1) is 15.4. The van der Waals surface area contributed by atoms with Crippen molar-refractivity contribution < 1.29 is 22.4 Å². The summed E-state index contributed by atoms with van der Waals surface area (Å²) in [5.41, 5.74) is 0.875. The van der Waals surface area contributed by atoms with Crippen LogP contribution in [-0.4, -0.2) is 50.5 Å². The van der Waals surface area contributed by atoms with Gasteiger partial charge in [0.2, 0.25) is 21.8 Å². The molecule has 180 valence electrons. The lowest BCUT2D eigenvalue weighted by atomic mass is 10.1. The smallest absolute Gasteiger partial charge is 0.244 e. The molecule has 2 amide bonds. The molecule has 2 rings (SSSR count). The average Bonchev–Trinajstić information content (AvgIpc) is 2.74. The zero-order chi connectivity index (χ0) is 24.8. The summed E-state index contributed by atoms with van der Waals surface area (Å²) in [6.07, 6.45) is 0.998. The van der Waals surface area contributed by atoms with Crippen molar-refractivity contribution in [2.75, 3.05) is 23.7 Å². The Labute approximate surface area is 199 Å². The third-order valence-corrected chi connectivity index (χ3v) is 6.30. The van der Waals surface area contributed by atoms with E-state index in [9.17, 15) is 22.4 Å². The fraction of sp³-hybridized carbons (Fsp3) is 0.391. The Bertz CT molecular complexity index is 1060. The van der Waals surface area contributed by atoms with Crippen LogP contribution in [-0.2, 0) is 26.2 Å². The predicted molar refractivity (Wildman–Crippen MR) is 128 cm³/mol. The van der Waals surface area contributed by atoms with Crippen LogP contribution < -0.4 is 9.62 Å². The molecule has 0 spiro atoms. The summed E-state index contributed by atoms with van der Waals surface area (Å²) in [6, 6.07) is 10.7. The molecule has 33 heavy (non-hydrogen) atoms. The van der Waals surface area contributed by atoms with Crippen molar-refractivity contribution in [2.45, 2.75) is 33.4 Å². The summed E-state index contributed by atoms with van der Waals surface area (Å²) in [7, 11) is -3.81. The fourth-order valence-corrected chi connectivity index (χ4v) is 4.02. The number of hydrogen-bond acceptors (Lipinski definition) is 4. The maximum absolute atomic E-state index is 13.3. The van der Waals surface area contributed by atoms with E-state index in [-0.39, 0.29) is 24.1 Å². The highest BCUT2D eigenvalue weighted by atomic mass is 35.5. The number of hydrogen-bond donors (Lipinski definition) is 1. The van der Waals surface area contributed by atoms with E-state index in [0.29, 0.717) is 17.1 Å². The number of sulfonamides is 1. The number of nitrogens with zero attached hydrogens (tertiary/aromatic N) is 2. The third-order valence-electron chi connectivity index (χ3n) is 4.91. The minimum Gasteiger partial charge on any atom is -0.354 e. The van der Waals surface area contributed by atoms with Crippen LogP contribution in [0.25, 0.3) is 0 Å². The Balaban J connectivity index is 2.34. The molecule has 0 fully saturated rings. The maximum Gasteiger partial charge on any atom is 0.244 e. The van der Waals surface area contributed by atoms with Gasteiger partial charge in [-0.1, -0.05) is 37.6 Å². The second kappa shape index (κ2) is 11.5. The fourth-order valence-electron chi connectivity index (χ4n) is 3.04. The third kappa shape index (κ3) is 8.01. The molecule has 0 saturated carbocycles. The van der Waals surface area contributed by atoms with Crippen molar-refractivity contribution in [3.05, 3.63) is 64.9 Å². The van der Waals surface area contributed by atoms with Crippen LogP contribution in [0.5, 0.6) is 0 Å². The van der Waals surface area contributed by atoms with E-state index in [4.69, 9.17) is 11.6 Å². The number of nitrogens with one attached hydrogen (secondary N) is 1. The molecule has 0 unspecified atom stereocenters. The summed E-state index contributed by atoms with van der Waals surface area (Å²) in [4.78, 5) is 27.3. The highest BCUT2D eigenvalue weighted by Crippen LogP contribution is 2.21. The van der Waals surface area contributed by atoms with Gasteiger partial charge in [-0.3, -0.25) is 13.9 Å². The Morgan fingerprint density at radius 3 is 2.12 bits per heavy atom. The number of amides is 2. The number of benzene rings is 2. The van der Waals surface area contributed by atoms with Crippen LogP contribution >= 0.6 is 11.6 Å². The molecule has 0 saturated heterocycles. The van der Waals surface area contributed by atoms with E-state index >= 15 is 0 Å². The van der Waals surface area contributed by atoms with Gasteiger partial charge < -0.3 is 10.2 Å². The van der Waals surface area contributed by atoms with Crippen LogP contribution in [0.15, 0.2) is 48.5 Å². The van der Waals surface area contributed by atoms with E-state index in [1.54, 1.807) is 6.92 Å². The lowest BCUT2D eigenvalue weighted by Gasteiger charge is -2.31. The Morgan fingerprint density at radius 2 is 1.61 bits per heavy atom. The zero-order valence-corrected chi connectivity index (χ0v) is 20.7. The van der Waals surface area contributed by atoms with E-state index in [1.165, 1.54) is 53.4 Å². The van der Waals surface area contributed by atoms with Gasteiger partial charge in [-0.05, 0) is 54.8 Å². The van der Waals surface area contributed by atoms with Crippen LogP contribution in [0.4, 0.5) is 10.1 Å². The Kier molecular flexibility index (Phi) is 9.25. The van der Waals surface area contributed by atoms with E-state index in [2.05, 4.69) is 5.32 Å². The minimum absolute atomic E-state index is 0.00754. The molecular weight excluding hydrogens is 469 g/mol. The molecular formula is C23H29ClFN3O4S. The monoisotopic (exact) mass is 497 g/mol. The molecule has 1 atom stereocenters. The van der Waals surface area contributed by atoms with E-state index < -0.39 is 34.3 Å². The molecule has 0 aromatic heterocycles. The summed E-state index contributed by atoms with van der Waals surface area (Å²) in [5, 5.41) is 3.22. The Hall–Kier alpha value is -2.65. The zero-order valence-electron chi connectivity index (χ0n) is 19.1. The van der Waals surface area contributed by atoms with Crippen molar-refractivity contribution in [2.24, 2.45) is 5.92 Å². The quantitative estimate of drug-likeness (QED) is 0.544. The van der Waals surface area contributed by atoms with Gasteiger partial charge in [0.05, 0.1) is 11.9 Å². The first-order valence-corrected chi connectivity index (χ1v) is 12.7. The second-order valence-electron chi connectivity index (χ2n) is 8.21. The molecule has 0 bridgehead atoms. The van der Waals surface area contributed by atoms with Crippen LogP contribution in [0.2, 0.25) is 5.02 Å². The number of halogens is 2. The molecule has 10 heteroatoms. The lowest BCUT2D eigenvalue weighted by molar-refractivity contribution is -0.139. The second-order valence-corrected chi connectivity index (χ2v) is 10.6. The molecule has 0 heterocycles. The van der Waals surface area contributed by atoms with Crippen molar-refractivity contribution >= 4 is 39.1 Å². The van der Waals surface area contributed by atoms with Crippen LogP contribution in [0.1, 0.15) is 26.3 Å². The molecule has 1 N–H and O–H groups in total. The maximum atomic E-state index is 13.3. The average molecular weight is 498 g/mol. The summed E-state index contributed by atoms with van der Waals surface area (Å²) in [5.74, 6) is -1.15. The molecule has 0 radical (unpaired) electrons. The lowest BCUT2D eigenvalue weighted by Crippen LogP contribution is -2.51. The van der Waals surface area contributed by atoms with Gasteiger partial charge in [0.15, 0.2) is 0 Å². The van der Waals surface area contributed by atoms with Gasteiger partial charge in [0, 0.05) is 18.1 Å². The number of rotatable bonds is 10. The van der Waals surface area contributed by atoms with Crippen LogP contribution in [0, 0.1) is 11.7 Å². The molecule has 7 nitrogen and oxygen atoms in total. The van der Waals surface area contributed by atoms with Gasteiger partial charge in [-0.25, -0.2) is 12.8 Å². The predicted octanol–water partition coefficient (Wildman–Crippen LogP) is 3.43. The molecule has 2 aromatic rings. The van der Waals surface area contributed by atoms with E-state index in [1.807, 2.05) is 13.8 Å². The van der Waals surface area contributed by atoms with Gasteiger partial charge in [0.25, 0.3) is 0 Å². The number of carbonyl (C=O) groups is 2. The first kappa shape index (κ1) is 26.6.